The van der Waals surface area contributed by atoms with Gasteiger partial charge in [-0.3, -0.25) is 0 Å². The Morgan fingerprint density at radius 2 is 2.14 bits per heavy atom. The number of rotatable bonds is 4. The molecule has 0 aliphatic heterocycles. The quantitative estimate of drug-likeness (QED) is 0.409. The van der Waals surface area contributed by atoms with Crippen LogP contribution < -0.4 is 0 Å². The van der Waals surface area contributed by atoms with Crippen LogP contribution in [0.3, 0.4) is 0 Å². The number of hydrogen-bond acceptors (Lipinski definition) is 0. The molecule has 0 aromatic carbocycles. The maximum atomic E-state index is 4.10. The first kappa shape index (κ1) is 11.4. The second-order valence-electron chi connectivity index (χ2n) is 5.65. The number of halogens is 1. The summed E-state index contributed by atoms with van der Waals surface area (Å²) in [7, 11) is 2.81. The molecule has 5 atom stereocenters. The van der Waals surface area contributed by atoms with Crippen molar-refractivity contribution in [3.05, 3.63) is 11.9 Å². The van der Waals surface area contributed by atoms with Crippen molar-refractivity contribution in [3.8, 4) is 0 Å². The van der Waals surface area contributed by atoms with Gasteiger partial charge in [0.05, 0.1) is 0 Å². The van der Waals surface area contributed by atoms with Crippen molar-refractivity contribution >= 4 is 31.8 Å². The Bertz CT molecular complexity index is 275. The van der Waals surface area contributed by atoms with Gasteiger partial charge in [0.15, 0.2) is 0 Å². The molecule has 0 aromatic heterocycles. The highest BCUT2D eigenvalue weighted by Gasteiger charge is 2.60. The van der Waals surface area contributed by atoms with Gasteiger partial charge in [-0.15, -0.1) is 9.24 Å². The average Bonchev–Trinajstić information content (AvgIpc) is 2.90. The zero-order valence-corrected chi connectivity index (χ0v) is 12.5. The third-order valence-corrected chi connectivity index (χ3v) is 6.73. The third kappa shape index (κ3) is 1.80. The fourth-order valence-corrected chi connectivity index (χ4v) is 4.08. The van der Waals surface area contributed by atoms with Crippen molar-refractivity contribution in [1.82, 2.24) is 0 Å². The molecule has 0 heterocycles. The lowest BCUT2D eigenvalue weighted by molar-refractivity contribution is 0.394. The molecule has 0 N–H and O–H groups in total. The van der Waals surface area contributed by atoms with Crippen molar-refractivity contribution in [3.63, 3.8) is 0 Å². The standard InChI is InChI=1S/C12H20IP/c1-8(14)12(3)7-11(12,2)5-4-9-6-10(9)13/h9-10H,1,4-7,14H2,2-3H3/t9?,10?,11?,12-/m1/s1. The van der Waals surface area contributed by atoms with Crippen molar-refractivity contribution in [1.29, 1.82) is 0 Å². The molecule has 14 heavy (non-hydrogen) atoms. The van der Waals surface area contributed by atoms with Gasteiger partial charge in [-0.05, 0) is 42.4 Å². The molecule has 2 heteroatoms. The fourth-order valence-electron chi connectivity index (χ4n) is 2.61. The summed E-state index contributed by atoms with van der Waals surface area (Å²) < 4.78 is 0.986. The highest BCUT2D eigenvalue weighted by Crippen LogP contribution is 2.71. The summed E-state index contributed by atoms with van der Waals surface area (Å²) in [4.78, 5) is 0. The first-order chi connectivity index (χ1) is 6.39. The average molecular weight is 322 g/mol. The van der Waals surface area contributed by atoms with Crippen molar-refractivity contribution < 1.29 is 0 Å². The molecule has 0 aromatic rings. The Balaban J connectivity index is 1.84. The first-order valence-corrected chi connectivity index (χ1v) is 7.30. The van der Waals surface area contributed by atoms with E-state index in [1.54, 1.807) is 0 Å². The highest BCUT2D eigenvalue weighted by molar-refractivity contribution is 14.1. The Hall–Kier alpha value is 0.900. The molecular weight excluding hydrogens is 302 g/mol. The molecule has 0 saturated heterocycles. The van der Waals surface area contributed by atoms with E-state index in [2.05, 4.69) is 52.3 Å². The van der Waals surface area contributed by atoms with Crippen molar-refractivity contribution in [2.75, 3.05) is 0 Å². The molecular formula is C12H20IP. The van der Waals surface area contributed by atoms with Gasteiger partial charge in [-0.2, -0.15) is 0 Å². The summed E-state index contributed by atoms with van der Waals surface area (Å²) in [6, 6.07) is 0. The van der Waals surface area contributed by atoms with Gasteiger partial charge >= 0.3 is 0 Å². The number of hydrogen-bond donors (Lipinski definition) is 0. The van der Waals surface area contributed by atoms with E-state index in [1.807, 2.05) is 0 Å². The van der Waals surface area contributed by atoms with E-state index in [-0.39, 0.29) is 0 Å². The van der Waals surface area contributed by atoms with Gasteiger partial charge in [0.1, 0.15) is 0 Å². The molecule has 2 aliphatic carbocycles. The molecule has 0 nitrogen and oxygen atoms in total. The van der Waals surface area contributed by atoms with Crippen LogP contribution in [0.2, 0.25) is 0 Å². The van der Waals surface area contributed by atoms with Crippen LogP contribution in [0.5, 0.6) is 0 Å². The third-order valence-electron chi connectivity index (χ3n) is 4.56. The zero-order chi connectivity index (χ0) is 10.6. The van der Waals surface area contributed by atoms with Crippen LogP contribution >= 0.6 is 31.8 Å². The predicted molar refractivity (Wildman–Crippen MR) is 74.8 cm³/mol. The lowest BCUT2D eigenvalue weighted by Gasteiger charge is -2.18. The van der Waals surface area contributed by atoms with Gasteiger partial charge in [0, 0.05) is 3.92 Å². The van der Waals surface area contributed by atoms with Gasteiger partial charge < -0.3 is 0 Å². The van der Waals surface area contributed by atoms with E-state index >= 15 is 0 Å². The molecule has 0 spiro atoms. The molecule has 0 amide bonds. The summed E-state index contributed by atoms with van der Waals surface area (Å²) in [6.07, 6.45) is 5.66. The molecule has 2 fully saturated rings. The van der Waals surface area contributed by atoms with E-state index in [1.165, 1.54) is 31.0 Å². The van der Waals surface area contributed by atoms with E-state index in [9.17, 15) is 0 Å². The van der Waals surface area contributed by atoms with Crippen LogP contribution in [0, 0.1) is 16.7 Å². The minimum atomic E-state index is 0.424. The minimum absolute atomic E-state index is 0.424. The topological polar surface area (TPSA) is 0 Å². The Labute approximate surface area is 104 Å². The van der Waals surface area contributed by atoms with E-state index in [0.29, 0.717) is 10.8 Å². The van der Waals surface area contributed by atoms with Crippen molar-refractivity contribution in [2.24, 2.45) is 16.7 Å². The van der Waals surface area contributed by atoms with E-state index in [4.69, 9.17) is 0 Å². The lowest BCUT2D eigenvalue weighted by Crippen LogP contribution is -2.07. The molecule has 0 bridgehead atoms. The van der Waals surface area contributed by atoms with Gasteiger partial charge in [-0.25, -0.2) is 0 Å². The second-order valence-corrected chi connectivity index (χ2v) is 7.94. The summed E-state index contributed by atoms with van der Waals surface area (Å²) in [5.74, 6) is 1.04. The SMILES string of the molecule is C=C(P)[C@@]1(C)CC1(C)CCC1CC1I. The zero-order valence-electron chi connectivity index (χ0n) is 9.15. The maximum Gasteiger partial charge on any atom is 0.0141 e. The second kappa shape index (κ2) is 3.45. The van der Waals surface area contributed by atoms with Gasteiger partial charge in [0.2, 0.25) is 0 Å². The maximum absolute atomic E-state index is 4.10. The van der Waals surface area contributed by atoms with Crippen LogP contribution in [0.4, 0.5) is 0 Å². The van der Waals surface area contributed by atoms with Crippen LogP contribution in [0.25, 0.3) is 0 Å². The minimum Gasteiger partial charge on any atom is -0.110 e. The summed E-state index contributed by atoms with van der Waals surface area (Å²) in [5, 5.41) is 1.31. The largest absolute Gasteiger partial charge is 0.110 e. The van der Waals surface area contributed by atoms with Crippen LogP contribution in [-0.4, -0.2) is 3.92 Å². The molecule has 2 saturated carbocycles. The molecule has 2 aliphatic rings. The highest BCUT2D eigenvalue weighted by atomic mass is 127. The van der Waals surface area contributed by atoms with Crippen LogP contribution in [0.15, 0.2) is 11.9 Å². The molecule has 80 valence electrons. The normalized spacial score (nSPS) is 50.3. The Morgan fingerprint density at radius 3 is 2.50 bits per heavy atom. The number of alkyl halides is 1. The molecule has 0 radical (unpaired) electrons. The van der Waals surface area contributed by atoms with Gasteiger partial charge in [0.25, 0.3) is 0 Å². The van der Waals surface area contributed by atoms with Crippen molar-refractivity contribution in [2.45, 2.75) is 43.5 Å². The number of allylic oxidation sites excluding steroid dienone is 1. The summed E-state index contributed by atoms with van der Waals surface area (Å²) in [6.45, 7) is 8.91. The fraction of sp³-hybridized carbons (Fsp3) is 0.833. The molecule has 4 unspecified atom stereocenters. The first-order valence-electron chi connectivity index (χ1n) is 5.48. The van der Waals surface area contributed by atoms with Crippen LogP contribution in [0.1, 0.15) is 39.5 Å². The lowest BCUT2D eigenvalue weighted by atomic mass is 9.90. The van der Waals surface area contributed by atoms with Gasteiger partial charge in [-0.1, -0.05) is 48.3 Å². The monoisotopic (exact) mass is 322 g/mol. The summed E-state index contributed by atoms with van der Waals surface area (Å²) in [5.41, 5.74) is 0.984. The Kier molecular flexibility index (Phi) is 2.80. The molecule has 2 rings (SSSR count). The Morgan fingerprint density at radius 1 is 1.57 bits per heavy atom. The van der Waals surface area contributed by atoms with E-state index in [0.717, 1.165) is 9.84 Å². The smallest absolute Gasteiger partial charge is 0.0141 e. The van der Waals surface area contributed by atoms with E-state index < -0.39 is 0 Å². The predicted octanol–water partition coefficient (Wildman–Crippen LogP) is 4.40. The van der Waals surface area contributed by atoms with Crippen LogP contribution in [-0.2, 0) is 0 Å². The summed E-state index contributed by atoms with van der Waals surface area (Å²) >= 11 is 2.59.